The Bertz CT molecular complexity index is 968. The van der Waals surface area contributed by atoms with Crippen molar-refractivity contribution in [3.05, 3.63) is 63.9 Å². The maximum atomic E-state index is 13.4. The second-order valence-electron chi connectivity index (χ2n) is 7.86. The summed E-state index contributed by atoms with van der Waals surface area (Å²) in [6.45, 7) is 2.99. The molecule has 0 radical (unpaired) electrons. The summed E-state index contributed by atoms with van der Waals surface area (Å²) in [5.74, 6) is -0.254. The number of hydrogen-bond donors (Lipinski definition) is 0. The summed E-state index contributed by atoms with van der Waals surface area (Å²) in [6, 6.07) is 9.92. The maximum Gasteiger partial charge on any atom is 0.341 e. The van der Waals surface area contributed by atoms with E-state index >= 15 is 0 Å². The van der Waals surface area contributed by atoms with E-state index in [0.717, 1.165) is 24.0 Å². The number of nitrogens with zero attached hydrogens (tertiary/aromatic N) is 2. The molecule has 3 aliphatic rings. The standard InChI is InChI=1S/C21H19ClN2O3/c1-13-2-4-14(5-3-13)20(6-7-20)19(26)24-9-8-21(12-24)16-10-17(22)23-11-15(16)18(25)27-21/h2-5,10-11H,6-9,12H2,1H3. The lowest BCUT2D eigenvalue weighted by Gasteiger charge is -2.27. The summed E-state index contributed by atoms with van der Waals surface area (Å²) in [5.41, 5.74) is 2.26. The zero-order chi connectivity index (χ0) is 18.8. The number of carbonyl (C=O) groups excluding carboxylic acids is 2. The van der Waals surface area contributed by atoms with Crippen molar-refractivity contribution in [1.82, 2.24) is 9.88 Å². The van der Waals surface area contributed by atoms with Crippen molar-refractivity contribution in [2.45, 2.75) is 37.2 Å². The van der Waals surface area contributed by atoms with Gasteiger partial charge in [0.15, 0.2) is 5.60 Å². The Balaban J connectivity index is 1.44. The molecule has 5 rings (SSSR count). The highest BCUT2D eigenvalue weighted by atomic mass is 35.5. The van der Waals surface area contributed by atoms with Gasteiger partial charge in [0, 0.05) is 24.7 Å². The number of benzene rings is 1. The summed E-state index contributed by atoms with van der Waals surface area (Å²) in [5, 5.41) is 0.328. The van der Waals surface area contributed by atoms with E-state index in [-0.39, 0.29) is 11.9 Å². The van der Waals surface area contributed by atoms with E-state index in [9.17, 15) is 9.59 Å². The first-order valence-electron chi connectivity index (χ1n) is 9.19. The number of halogens is 1. The van der Waals surface area contributed by atoms with Gasteiger partial charge in [-0.25, -0.2) is 9.78 Å². The second-order valence-corrected chi connectivity index (χ2v) is 8.25. The number of esters is 1. The summed E-state index contributed by atoms with van der Waals surface area (Å²) in [6.07, 6.45) is 3.78. The Hall–Kier alpha value is -2.40. The third-order valence-electron chi connectivity index (χ3n) is 6.15. The fourth-order valence-corrected chi connectivity index (χ4v) is 4.60. The average Bonchev–Trinajstić information content (AvgIpc) is 3.29. The van der Waals surface area contributed by atoms with Crippen molar-refractivity contribution in [2.75, 3.05) is 13.1 Å². The van der Waals surface area contributed by atoms with E-state index in [1.807, 2.05) is 11.8 Å². The molecule has 1 saturated carbocycles. The predicted molar refractivity (Wildman–Crippen MR) is 99.6 cm³/mol. The number of ether oxygens (including phenoxy) is 1. The smallest absolute Gasteiger partial charge is 0.341 e. The van der Waals surface area contributed by atoms with Crippen LogP contribution in [0.25, 0.3) is 0 Å². The molecule has 0 N–H and O–H groups in total. The number of amides is 1. The number of likely N-dealkylation sites (tertiary alicyclic amines) is 1. The van der Waals surface area contributed by atoms with E-state index in [0.29, 0.717) is 30.2 Å². The molecule has 138 valence electrons. The van der Waals surface area contributed by atoms with Gasteiger partial charge in [-0.15, -0.1) is 0 Å². The number of hydrogen-bond acceptors (Lipinski definition) is 4. The summed E-state index contributed by atoms with van der Waals surface area (Å²) >= 11 is 6.05. The van der Waals surface area contributed by atoms with Crippen LogP contribution >= 0.6 is 11.6 Å². The topological polar surface area (TPSA) is 59.5 Å². The van der Waals surface area contributed by atoms with Gasteiger partial charge >= 0.3 is 5.97 Å². The number of rotatable bonds is 2. The molecule has 1 saturated heterocycles. The molecule has 6 heteroatoms. The molecule has 1 atom stereocenters. The molecule has 2 fully saturated rings. The first kappa shape index (κ1) is 16.8. The van der Waals surface area contributed by atoms with Crippen molar-refractivity contribution in [1.29, 1.82) is 0 Å². The summed E-state index contributed by atoms with van der Waals surface area (Å²) in [7, 11) is 0. The number of aromatic nitrogens is 1. The monoisotopic (exact) mass is 382 g/mol. The Labute approximate surface area is 162 Å². The van der Waals surface area contributed by atoms with Crippen molar-refractivity contribution in [3.63, 3.8) is 0 Å². The number of carbonyl (C=O) groups is 2. The molecule has 1 aromatic carbocycles. The fraction of sp³-hybridized carbons (Fsp3) is 0.381. The van der Waals surface area contributed by atoms with Crippen LogP contribution in [0.5, 0.6) is 0 Å². The molecular weight excluding hydrogens is 364 g/mol. The van der Waals surface area contributed by atoms with Crippen LogP contribution in [-0.2, 0) is 20.5 Å². The minimum atomic E-state index is -0.794. The lowest BCUT2D eigenvalue weighted by molar-refractivity contribution is -0.134. The van der Waals surface area contributed by atoms with Crippen LogP contribution in [0.1, 0.15) is 46.3 Å². The highest BCUT2D eigenvalue weighted by molar-refractivity contribution is 6.29. The van der Waals surface area contributed by atoms with Crippen molar-refractivity contribution in [3.8, 4) is 0 Å². The van der Waals surface area contributed by atoms with Gasteiger partial charge in [-0.1, -0.05) is 41.4 Å². The lowest BCUT2D eigenvalue weighted by Crippen LogP contribution is -2.40. The van der Waals surface area contributed by atoms with Crippen LogP contribution in [0.15, 0.2) is 36.5 Å². The van der Waals surface area contributed by atoms with Gasteiger partial charge in [-0.2, -0.15) is 0 Å². The Kier molecular flexibility index (Phi) is 3.44. The van der Waals surface area contributed by atoms with E-state index in [4.69, 9.17) is 16.3 Å². The largest absolute Gasteiger partial charge is 0.449 e. The molecule has 0 bridgehead atoms. The minimum absolute atomic E-state index is 0.132. The molecule has 1 spiro atoms. The molecule has 1 aromatic heterocycles. The average molecular weight is 383 g/mol. The van der Waals surface area contributed by atoms with Crippen molar-refractivity contribution in [2.24, 2.45) is 0 Å². The SMILES string of the molecule is Cc1ccc(C2(C(=O)N3CCC4(C3)OC(=O)c3cnc(Cl)cc34)CC2)cc1. The molecule has 3 heterocycles. The first-order valence-corrected chi connectivity index (χ1v) is 9.57. The number of pyridine rings is 1. The Morgan fingerprint density at radius 1 is 1.22 bits per heavy atom. The summed E-state index contributed by atoms with van der Waals surface area (Å²) in [4.78, 5) is 31.5. The quantitative estimate of drug-likeness (QED) is 0.590. The zero-order valence-electron chi connectivity index (χ0n) is 15.0. The summed E-state index contributed by atoms with van der Waals surface area (Å²) < 4.78 is 5.74. The van der Waals surface area contributed by atoms with Crippen LogP contribution < -0.4 is 0 Å². The Morgan fingerprint density at radius 3 is 2.67 bits per heavy atom. The Morgan fingerprint density at radius 2 is 1.96 bits per heavy atom. The number of fused-ring (bicyclic) bond motifs is 2. The molecule has 27 heavy (non-hydrogen) atoms. The second kappa shape index (κ2) is 5.55. The highest BCUT2D eigenvalue weighted by Gasteiger charge is 2.57. The normalized spacial score (nSPS) is 24.8. The lowest BCUT2D eigenvalue weighted by atomic mass is 9.92. The molecule has 1 unspecified atom stereocenters. The molecular formula is C21H19ClN2O3. The van der Waals surface area contributed by atoms with Crippen LogP contribution in [0, 0.1) is 6.92 Å². The van der Waals surface area contributed by atoms with Gasteiger partial charge in [0.2, 0.25) is 5.91 Å². The third-order valence-corrected chi connectivity index (χ3v) is 6.36. The maximum absolute atomic E-state index is 13.4. The molecule has 5 nitrogen and oxygen atoms in total. The van der Waals surface area contributed by atoms with Gasteiger partial charge in [0.05, 0.1) is 17.5 Å². The fourth-order valence-electron chi connectivity index (χ4n) is 4.44. The van der Waals surface area contributed by atoms with Crippen LogP contribution in [0.4, 0.5) is 0 Å². The third kappa shape index (κ3) is 2.41. The van der Waals surface area contributed by atoms with E-state index in [2.05, 4.69) is 29.2 Å². The predicted octanol–water partition coefficient (Wildman–Crippen LogP) is 3.37. The van der Waals surface area contributed by atoms with E-state index in [1.54, 1.807) is 6.07 Å². The van der Waals surface area contributed by atoms with Crippen molar-refractivity contribution < 1.29 is 14.3 Å². The van der Waals surface area contributed by atoms with Crippen LogP contribution in [-0.4, -0.2) is 34.8 Å². The van der Waals surface area contributed by atoms with Gasteiger partial charge < -0.3 is 9.64 Å². The molecule has 2 aromatic rings. The van der Waals surface area contributed by atoms with Crippen LogP contribution in [0.2, 0.25) is 5.15 Å². The van der Waals surface area contributed by atoms with Crippen molar-refractivity contribution >= 4 is 23.5 Å². The molecule has 1 aliphatic carbocycles. The van der Waals surface area contributed by atoms with Gasteiger partial charge in [-0.05, 0) is 31.4 Å². The van der Waals surface area contributed by atoms with Crippen LogP contribution in [0.3, 0.4) is 0 Å². The van der Waals surface area contributed by atoms with E-state index in [1.165, 1.54) is 11.8 Å². The highest BCUT2D eigenvalue weighted by Crippen LogP contribution is 2.52. The minimum Gasteiger partial charge on any atom is -0.449 e. The van der Waals surface area contributed by atoms with E-state index < -0.39 is 11.0 Å². The first-order chi connectivity index (χ1) is 12.9. The molecule has 1 amide bonds. The van der Waals surface area contributed by atoms with Gasteiger partial charge in [0.25, 0.3) is 0 Å². The van der Waals surface area contributed by atoms with Gasteiger partial charge in [0.1, 0.15) is 5.15 Å². The zero-order valence-corrected chi connectivity index (χ0v) is 15.8. The number of aryl methyl sites for hydroxylation is 1. The molecule has 2 aliphatic heterocycles. The van der Waals surface area contributed by atoms with Gasteiger partial charge in [-0.3, -0.25) is 4.79 Å².